The number of anilines is 2. The molecule has 0 bridgehead atoms. The van der Waals surface area contributed by atoms with Gasteiger partial charge in [0.2, 0.25) is 0 Å². The molecule has 0 atom stereocenters. The zero-order valence-corrected chi connectivity index (χ0v) is 17.4. The van der Waals surface area contributed by atoms with Gasteiger partial charge >= 0.3 is 0 Å². The van der Waals surface area contributed by atoms with Gasteiger partial charge in [0.1, 0.15) is 5.69 Å². The molecular weight excluding hydrogens is 382 g/mol. The summed E-state index contributed by atoms with van der Waals surface area (Å²) < 4.78 is 7.28. The van der Waals surface area contributed by atoms with Crippen molar-refractivity contribution in [3.63, 3.8) is 0 Å². The molecule has 0 spiro atoms. The van der Waals surface area contributed by atoms with Crippen LogP contribution in [0.3, 0.4) is 0 Å². The average Bonchev–Trinajstić information content (AvgIpc) is 3.17. The van der Waals surface area contributed by atoms with Crippen LogP contribution in [0.1, 0.15) is 21.6 Å². The third-order valence-electron chi connectivity index (χ3n) is 4.79. The molecule has 30 heavy (non-hydrogen) atoms. The van der Waals surface area contributed by atoms with Gasteiger partial charge in [-0.2, -0.15) is 5.10 Å². The van der Waals surface area contributed by atoms with Gasteiger partial charge in [0.25, 0.3) is 5.91 Å². The largest absolute Gasteiger partial charge is 0.378 e. The Hall–Kier alpha value is -3.46. The Bertz CT molecular complexity index is 1080. The van der Waals surface area contributed by atoms with Crippen molar-refractivity contribution in [1.82, 2.24) is 19.3 Å². The molecule has 2 aromatic heterocycles. The molecule has 1 fully saturated rings. The number of carbonyl (C=O) groups excluding carboxylic acids is 1. The minimum Gasteiger partial charge on any atom is -0.378 e. The molecule has 4 rings (SSSR count). The summed E-state index contributed by atoms with van der Waals surface area (Å²) in [4.78, 5) is 25.3. The molecule has 1 aliphatic heterocycles. The number of rotatable bonds is 5. The molecule has 1 saturated heterocycles. The van der Waals surface area contributed by atoms with E-state index in [-0.39, 0.29) is 5.91 Å². The lowest BCUT2D eigenvalue weighted by Gasteiger charge is -2.28. The molecular formula is C21H25N7O2. The predicted molar refractivity (Wildman–Crippen MR) is 116 cm³/mol. The highest BCUT2D eigenvalue weighted by Gasteiger charge is 2.21. The summed E-state index contributed by atoms with van der Waals surface area (Å²) in [5.74, 6) is 1.11. The first-order valence-electron chi connectivity index (χ1n) is 9.81. The van der Waals surface area contributed by atoms with E-state index in [1.54, 1.807) is 32.7 Å². The summed E-state index contributed by atoms with van der Waals surface area (Å²) in [6.45, 7) is 4.72. The van der Waals surface area contributed by atoms with Crippen molar-refractivity contribution in [2.75, 3.05) is 50.7 Å². The fourth-order valence-corrected chi connectivity index (χ4v) is 3.28. The number of nitrogens with zero attached hydrogens (tertiary/aromatic N) is 6. The molecule has 3 aromatic rings. The third kappa shape index (κ3) is 4.25. The standard InChI is InChI=1S/C21H25N7O2/c1-15-5-4-6-16(11-15)12-22-25-18-14-28-13-17(21(29)26(2)3)23-19(28)20(24-18)27-7-9-30-10-8-27/h4-6,11-14,25H,7-10H2,1-3H3/b22-12+. The number of hydrogen-bond acceptors (Lipinski definition) is 7. The number of amides is 1. The maximum atomic E-state index is 12.4. The number of hydrazone groups is 1. The lowest BCUT2D eigenvalue weighted by Crippen LogP contribution is -2.37. The van der Waals surface area contributed by atoms with Crippen LogP contribution in [0.25, 0.3) is 5.65 Å². The summed E-state index contributed by atoms with van der Waals surface area (Å²) in [5.41, 5.74) is 6.18. The molecule has 1 amide bonds. The first-order valence-corrected chi connectivity index (χ1v) is 9.81. The number of benzene rings is 1. The fourth-order valence-electron chi connectivity index (χ4n) is 3.28. The second-order valence-corrected chi connectivity index (χ2v) is 7.39. The molecule has 0 radical (unpaired) electrons. The van der Waals surface area contributed by atoms with Crippen LogP contribution in [-0.2, 0) is 4.74 Å². The molecule has 0 saturated carbocycles. The molecule has 1 N–H and O–H groups in total. The van der Waals surface area contributed by atoms with E-state index in [1.807, 2.05) is 29.5 Å². The van der Waals surface area contributed by atoms with Crippen LogP contribution in [0.15, 0.2) is 41.8 Å². The summed E-state index contributed by atoms with van der Waals surface area (Å²) in [5, 5.41) is 4.33. The molecule has 1 aromatic carbocycles. The van der Waals surface area contributed by atoms with Gasteiger partial charge in [-0.1, -0.05) is 29.8 Å². The van der Waals surface area contributed by atoms with E-state index in [2.05, 4.69) is 26.5 Å². The van der Waals surface area contributed by atoms with Crippen LogP contribution in [0.2, 0.25) is 0 Å². The van der Waals surface area contributed by atoms with Crippen LogP contribution < -0.4 is 10.3 Å². The zero-order chi connectivity index (χ0) is 21.1. The molecule has 9 nitrogen and oxygen atoms in total. The minimum absolute atomic E-state index is 0.154. The van der Waals surface area contributed by atoms with Crippen LogP contribution in [0, 0.1) is 6.92 Å². The predicted octanol–water partition coefficient (Wildman–Crippen LogP) is 2.02. The highest BCUT2D eigenvalue weighted by molar-refractivity contribution is 5.93. The Morgan fingerprint density at radius 3 is 2.77 bits per heavy atom. The van der Waals surface area contributed by atoms with Crippen LogP contribution in [-0.4, -0.2) is 71.8 Å². The Kier molecular flexibility index (Phi) is 5.62. The topological polar surface area (TPSA) is 87.4 Å². The van der Waals surface area contributed by atoms with Crippen molar-refractivity contribution >= 4 is 29.4 Å². The maximum absolute atomic E-state index is 12.4. The highest BCUT2D eigenvalue weighted by Crippen LogP contribution is 2.23. The van der Waals surface area contributed by atoms with Crippen molar-refractivity contribution < 1.29 is 9.53 Å². The van der Waals surface area contributed by atoms with Gasteiger partial charge in [-0.15, -0.1) is 0 Å². The van der Waals surface area contributed by atoms with Gasteiger partial charge < -0.3 is 14.5 Å². The third-order valence-corrected chi connectivity index (χ3v) is 4.79. The average molecular weight is 407 g/mol. The van der Waals surface area contributed by atoms with Gasteiger partial charge in [0.05, 0.1) is 25.6 Å². The molecule has 156 valence electrons. The van der Waals surface area contributed by atoms with E-state index >= 15 is 0 Å². The monoisotopic (exact) mass is 407 g/mol. The van der Waals surface area contributed by atoms with Gasteiger partial charge in [-0.05, 0) is 12.5 Å². The van der Waals surface area contributed by atoms with Crippen molar-refractivity contribution in [2.45, 2.75) is 6.92 Å². The number of aromatic nitrogens is 3. The summed E-state index contributed by atoms with van der Waals surface area (Å²) in [6.07, 6.45) is 5.26. The number of fused-ring (bicyclic) bond motifs is 1. The fraction of sp³-hybridized carbons (Fsp3) is 0.333. The Morgan fingerprint density at radius 2 is 2.03 bits per heavy atom. The van der Waals surface area contributed by atoms with Crippen LogP contribution >= 0.6 is 0 Å². The molecule has 1 aliphatic rings. The summed E-state index contributed by atoms with van der Waals surface area (Å²) in [7, 11) is 3.42. The van der Waals surface area contributed by atoms with E-state index in [0.717, 1.165) is 5.56 Å². The highest BCUT2D eigenvalue weighted by atomic mass is 16.5. The van der Waals surface area contributed by atoms with Gasteiger partial charge in [-0.25, -0.2) is 9.97 Å². The zero-order valence-electron chi connectivity index (χ0n) is 17.4. The molecule has 0 unspecified atom stereocenters. The van der Waals surface area contributed by atoms with E-state index in [4.69, 9.17) is 9.72 Å². The smallest absolute Gasteiger partial charge is 0.273 e. The number of hydrogen-bond donors (Lipinski definition) is 1. The molecule has 9 heteroatoms. The second kappa shape index (κ2) is 8.50. The van der Waals surface area contributed by atoms with Crippen molar-refractivity contribution in [1.29, 1.82) is 0 Å². The quantitative estimate of drug-likeness (QED) is 0.514. The van der Waals surface area contributed by atoms with E-state index < -0.39 is 0 Å². The first kappa shape index (κ1) is 19.8. The number of morpholine rings is 1. The van der Waals surface area contributed by atoms with Crippen molar-refractivity contribution in [3.05, 3.63) is 53.5 Å². The maximum Gasteiger partial charge on any atom is 0.273 e. The number of aryl methyl sites for hydroxylation is 1. The van der Waals surface area contributed by atoms with Gasteiger partial charge in [-0.3, -0.25) is 14.6 Å². The number of ether oxygens (including phenoxy) is 1. The van der Waals surface area contributed by atoms with E-state index in [1.165, 1.54) is 10.5 Å². The van der Waals surface area contributed by atoms with Crippen LogP contribution in [0.5, 0.6) is 0 Å². The second-order valence-electron chi connectivity index (χ2n) is 7.39. The first-order chi connectivity index (χ1) is 14.5. The molecule has 0 aliphatic carbocycles. The summed E-state index contributed by atoms with van der Waals surface area (Å²) in [6, 6.07) is 8.08. The van der Waals surface area contributed by atoms with Crippen molar-refractivity contribution in [2.24, 2.45) is 5.10 Å². The van der Waals surface area contributed by atoms with E-state index in [9.17, 15) is 4.79 Å². The Balaban J connectivity index is 1.68. The van der Waals surface area contributed by atoms with E-state index in [0.29, 0.717) is 49.3 Å². The van der Waals surface area contributed by atoms with Crippen LogP contribution in [0.4, 0.5) is 11.6 Å². The number of imidazole rings is 1. The van der Waals surface area contributed by atoms with Gasteiger partial charge in [0, 0.05) is 33.4 Å². The molecule has 3 heterocycles. The lowest BCUT2D eigenvalue weighted by molar-refractivity contribution is 0.0822. The minimum atomic E-state index is -0.154. The number of carbonyl (C=O) groups is 1. The van der Waals surface area contributed by atoms with Crippen molar-refractivity contribution in [3.8, 4) is 0 Å². The normalized spacial score (nSPS) is 14.4. The lowest BCUT2D eigenvalue weighted by atomic mass is 10.2. The van der Waals surface area contributed by atoms with Gasteiger partial charge in [0.15, 0.2) is 17.3 Å². The summed E-state index contributed by atoms with van der Waals surface area (Å²) >= 11 is 0. The number of nitrogens with one attached hydrogen (secondary N) is 1. The SMILES string of the molecule is Cc1cccc(/C=N/Nc2cn3cc(C(=O)N(C)C)nc3c(N3CCOCC3)n2)c1. The Morgan fingerprint density at radius 1 is 1.23 bits per heavy atom. The Labute approximate surface area is 175 Å².